The first kappa shape index (κ1) is 30.6. The molecule has 43 heavy (non-hydrogen) atoms. The van der Waals surface area contributed by atoms with Crippen LogP contribution < -0.4 is 11.3 Å². The fourth-order valence-electron chi connectivity index (χ4n) is 6.95. The van der Waals surface area contributed by atoms with Crippen molar-refractivity contribution in [3.8, 4) is 0 Å². The summed E-state index contributed by atoms with van der Waals surface area (Å²) >= 11 is 0. The van der Waals surface area contributed by atoms with E-state index < -0.39 is 67.8 Å². The molecule has 18 heteroatoms. The zero-order chi connectivity index (χ0) is 31.3. The molecule has 1 aromatic heterocycles. The molecule has 17 nitrogen and oxygen atoms in total. The van der Waals surface area contributed by atoms with E-state index in [9.17, 15) is 43.3 Å². The minimum atomic E-state index is -3.92. The summed E-state index contributed by atoms with van der Waals surface area (Å²) in [6, 6.07) is 4.22. The van der Waals surface area contributed by atoms with Crippen LogP contribution in [0.4, 0.5) is 0 Å². The minimum absolute atomic E-state index is 0.00627. The zero-order valence-electron chi connectivity index (χ0n) is 23.1. The Morgan fingerprint density at radius 3 is 2.56 bits per heavy atom. The Kier molecular flexibility index (Phi) is 7.82. The van der Waals surface area contributed by atoms with E-state index >= 15 is 0 Å². The fourth-order valence-corrected chi connectivity index (χ4v) is 8.74. The van der Waals surface area contributed by atoms with Gasteiger partial charge < -0.3 is 29.8 Å². The summed E-state index contributed by atoms with van der Waals surface area (Å²) in [7, 11) is -3.92. The lowest BCUT2D eigenvalue weighted by Crippen LogP contribution is -2.76. The van der Waals surface area contributed by atoms with Crippen LogP contribution in [0.1, 0.15) is 24.8 Å². The summed E-state index contributed by atoms with van der Waals surface area (Å²) in [5.41, 5.74) is 4.23. The van der Waals surface area contributed by atoms with Gasteiger partial charge in [0.25, 0.3) is 15.7 Å². The van der Waals surface area contributed by atoms with Crippen LogP contribution >= 0.6 is 0 Å². The second-order valence-corrected chi connectivity index (χ2v) is 13.5. The Morgan fingerprint density at radius 1 is 1.23 bits per heavy atom. The second kappa shape index (κ2) is 11.0. The molecule has 2 unspecified atom stereocenters. The largest absolute Gasteiger partial charge is 0.481 e. The van der Waals surface area contributed by atoms with Gasteiger partial charge in [-0.25, -0.2) is 8.42 Å². The number of hydrogen-bond acceptors (Lipinski definition) is 12. The number of fused-ring (bicyclic) bond motifs is 1. The van der Waals surface area contributed by atoms with Crippen LogP contribution in [-0.2, 0) is 35.8 Å². The Balaban J connectivity index is 1.38. The van der Waals surface area contributed by atoms with Gasteiger partial charge in [0.15, 0.2) is 6.10 Å². The van der Waals surface area contributed by atoms with E-state index in [0.717, 1.165) is 0 Å². The first-order valence-electron chi connectivity index (χ1n) is 13.5. The molecule has 0 radical (unpaired) electrons. The molecule has 0 amide bonds. The number of hydrogen-bond donors (Lipinski definition) is 2. The van der Waals surface area contributed by atoms with Gasteiger partial charge in [-0.05, 0) is 43.9 Å². The van der Waals surface area contributed by atoms with Gasteiger partial charge in [-0.1, -0.05) is 6.07 Å². The van der Waals surface area contributed by atoms with Crippen molar-refractivity contribution in [3.63, 3.8) is 0 Å². The molecule has 1 aliphatic heterocycles. The third-order valence-corrected chi connectivity index (χ3v) is 10.8. The van der Waals surface area contributed by atoms with E-state index in [1.54, 1.807) is 6.92 Å². The summed E-state index contributed by atoms with van der Waals surface area (Å²) in [4.78, 5) is 55.6. The van der Waals surface area contributed by atoms with Gasteiger partial charge in [0.05, 0.1) is 23.5 Å². The van der Waals surface area contributed by atoms with Crippen LogP contribution in [-0.4, -0.2) is 83.6 Å². The highest BCUT2D eigenvalue weighted by molar-refractivity contribution is 7.89. The maximum atomic E-state index is 13.6. The number of benzene rings is 1. The predicted molar refractivity (Wildman–Crippen MR) is 145 cm³/mol. The van der Waals surface area contributed by atoms with Gasteiger partial charge in [-0.15, -0.1) is 20.2 Å². The van der Waals surface area contributed by atoms with Gasteiger partial charge in [-0.3, -0.25) is 9.59 Å². The molecule has 3 aliphatic carbocycles. The molecule has 234 valence electrons. The van der Waals surface area contributed by atoms with Crippen molar-refractivity contribution in [1.82, 2.24) is 8.87 Å². The maximum Gasteiger partial charge on any atom is 0.310 e. The fraction of sp³-hybridized carbons (Fsp3) is 0.600. The standard InChI is InChI=1S/C25H31N5O12S/c1-15-7-27(22(31)18-3-2-4-19(21(15)18)43(38,39)28-6-5-16(26)8-28)9-20-24(12-25(20,13-24)23(32)33)14-40-10-17(42-30(36)37)11-41-29(34)35/h2-4,7,16-17,20H,5-6,8-14,26H2,1H3,(H,32,33)/t16-,17?,20?,24?,25?/m0/s1. The summed E-state index contributed by atoms with van der Waals surface area (Å²) in [6.45, 7) is 0.977. The van der Waals surface area contributed by atoms with E-state index in [2.05, 4.69) is 9.68 Å². The first-order chi connectivity index (χ1) is 20.2. The average Bonchev–Trinajstić information content (AvgIpc) is 3.35. The lowest BCUT2D eigenvalue weighted by Gasteiger charge is -2.74. The van der Waals surface area contributed by atoms with Crippen LogP contribution in [0.15, 0.2) is 34.1 Å². The van der Waals surface area contributed by atoms with Crippen LogP contribution in [0, 0.1) is 43.9 Å². The number of sulfonamides is 1. The Morgan fingerprint density at radius 2 is 1.95 bits per heavy atom. The lowest BCUT2D eigenvalue weighted by atomic mass is 9.29. The highest BCUT2D eigenvalue weighted by Gasteiger charge is 2.79. The maximum absolute atomic E-state index is 13.6. The molecule has 4 fully saturated rings. The van der Waals surface area contributed by atoms with E-state index in [0.29, 0.717) is 17.4 Å². The minimum Gasteiger partial charge on any atom is -0.481 e. The third kappa shape index (κ3) is 5.28. The monoisotopic (exact) mass is 625 g/mol. The van der Waals surface area contributed by atoms with Crippen molar-refractivity contribution < 1.29 is 42.9 Å². The van der Waals surface area contributed by atoms with Gasteiger partial charge in [0, 0.05) is 54.0 Å². The smallest absolute Gasteiger partial charge is 0.310 e. The molecular weight excluding hydrogens is 594 g/mol. The molecule has 0 spiro atoms. The first-order valence-corrected chi connectivity index (χ1v) is 14.9. The molecule has 6 rings (SSSR count). The van der Waals surface area contributed by atoms with Crippen molar-refractivity contribution in [1.29, 1.82) is 0 Å². The third-order valence-electron chi connectivity index (χ3n) is 8.91. The average molecular weight is 626 g/mol. The quantitative estimate of drug-likeness (QED) is 0.213. The summed E-state index contributed by atoms with van der Waals surface area (Å²) in [5, 5.41) is 29.4. The van der Waals surface area contributed by atoms with E-state index in [4.69, 9.17) is 10.5 Å². The van der Waals surface area contributed by atoms with Crippen molar-refractivity contribution in [2.75, 3.05) is 32.9 Å². The van der Waals surface area contributed by atoms with Crippen LogP contribution in [0.25, 0.3) is 10.8 Å². The molecule has 3 atom stereocenters. The second-order valence-electron chi connectivity index (χ2n) is 11.6. The molecule has 2 aromatic rings. The van der Waals surface area contributed by atoms with E-state index in [1.807, 2.05) is 0 Å². The van der Waals surface area contributed by atoms with Crippen molar-refractivity contribution >= 4 is 26.8 Å². The molecule has 3 N–H and O–H groups in total. The number of pyridine rings is 1. The van der Waals surface area contributed by atoms with Crippen molar-refractivity contribution in [2.45, 2.75) is 49.8 Å². The number of carboxylic acids is 1. The summed E-state index contributed by atoms with van der Waals surface area (Å²) in [5.74, 6) is -1.55. The Hall–Kier alpha value is -3.87. The number of ether oxygens (including phenoxy) is 1. The predicted octanol–water partition coefficient (Wildman–Crippen LogP) is 0.314. The zero-order valence-corrected chi connectivity index (χ0v) is 23.9. The number of nitrogens with zero attached hydrogens (tertiary/aromatic N) is 4. The molecule has 2 bridgehead atoms. The number of rotatable bonds is 14. The van der Waals surface area contributed by atoms with Crippen LogP contribution in [0.3, 0.4) is 0 Å². The molecule has 1 aromatic carbocycles. The van der Waals surface area contributed by atoms with Gasteiger partial charge in [0.2, 0.25) is 10.0 Å². The topological polar surface area (TPSA) is 237 Å². The number of carbonyl (C=O) groups is 1. The van der Waals surface area contributed by atoms with Crippen molar-refractivity contribution in [2.24, 2.45) is 22.5 Å². The number of aliphatic carboxylic acids is 1. The normalized spacial score (nSPS) is 27.2. The van der Waals surface area contributed by atoms with Crippen LogP contribution in [0.5, 0.6) is 0 Å². The van der Waals surface area contributed by atoms with Gasteiger partial charge in [-0.2, -0.15) is 4.31 Å². The molecule has 2 heterocycles. The molecule has 4 aliphatic rings. The Labute approximate surface area is 244 Å². The number of nitrogens with two attached hydrogens (primary N) is 1. The summed E-state index contributed by atoms with van der Waals surface area (Å²) in [6.07, 6.45) is 1.19. The van der Waals surface area contributed by atoms with E-state index in [1.165, 1.54) is 33.3 Å². The Bertz CT molecular complexity index is 1640. The number of aromatic nitrogens is 1. The molecule has 1 saturated heterocycles. The molecular formula is C25H31N5O12S. The lowest BCUT2D eigenvalue weighted by molar-refractivity contribution is -0.790. The summed E-state index contributed by atoms with van der Waals surface area (Å²) < 4.78 is 35.2. The highest BCUT2D eigenvalue weighted by atomic mass is 32.2. The number of carboxylic acid groups (broad SMARTS) is 1. The van der Waals surface area contributed by atoms with Gasteiger partial charge >= 0.3 is 5.97 Å². The van der Waals surface area contributed by atoms with E-state index in [-0.39, 0.29) is 55.4 Å². The van der Waals surface area contributed by atoms with Crippen LogP contribution in [0.2, 0.25) is 0 Å². The highest BCUT2D eigenvalue weighted by Crippen LogP contribution is 2.77. The van der Waals surface area contributed by atoms with Gasteiger partial charge in [0.1, 0.15) is 6.61 Å². The van der Waals surface area contributed by atoms with Crippen molar-refractivity contribution in [3.05, 3.63) is 60.5 Å². The molecule has 3 saturated carbocycles. The number of aryl methyl sites for hydroxylation is 1. The SMILES string of the molecule is Cc1cn(CC2C3(COCC(CO[N+](=O)[O-])O[N+](=O)[O-])CC2(C(=O)O)C3)c(=O)c2cccc(S(=O)(=O)N3CC[C@H](N)C3)c12.